The molecule has 0 spiro atoms. The summed E-state index contributed by atoms with van der Waals surface area (Å²) in [6, 6.07) is 10.5. The molecule has 0 aromatic heterocycles. The molecule has 2 heterocycles. The zero-order valence-electron chi connectivity index (χ0n) is 20.9. The Kier molecular flexibility index (Phi) is 7.01. The van der Waals surface area contributed by atoms with Gasteiger partial charge < -0.3 is 19.1 Å². The Morgan fingerprint density at radius 1 is 1.06 bits per heavy atom. The number of nitrogens with zero attached hydrogens (tertiary/aromatic N) is 2. The van der Waals surface area contributed by atoms with E-state index in [1.165, 1.54) is 29.2 Å². The van der Waals surface area contributed by atoms with Crippen LogP contribution in [0.15, 0.2) is 42.5 Å². The predicted molar refractivity (Wildman–Crippen MR) is 130 cm³/mol. The van der Waals surface area contributed by atoms with Gasteiger partial charge >= 0.3 is 5.97 Å². The number of hydrogen-bond donors (Lipinski definition) is 0. The first-order valence-electron chi connectivity index (χ1n) is 11.9. The third-order valence-corrected chi connectivity index (χ3v) is 5.93. The lowest BCUT2D eigenvalue weighted by atomic mass is 9.91. The van der Waals surface area contributed by atoms with Crippen molar-refractivity contribution < 1.29 is 33.4 Å². The van der Waals surface area contributed by atoms with Crippen molar-refractivity contribution in [3.05, 3.63) is 53.6 Å². The Labute approximate surface area is 209 Å². The highest BCUT2D eigenvalue weighted by Gasteiger charge is 2.44. The number of imide groups is 1. The average Bonchev–Trinajstić information content (AvgIpc) is 3.39. The molecular weight excluding hydrogens is 464 g/mol. The number of carbonyl (C=O) groups excluding carboxylic acids is 4. The molecule has 3 amide bonds. The number of rotatable bonds is 7. The first-order valence-corrected chi connectivity index (χ1v) is 11.9. The Morgan fingerprint density at radius 2 is 1.75 bits per heavy atom. The van der Waals surface area contributed by atoms with Crippen molar-refractivity contribution in [1.82, 2.24) is 4.90 Å². The lowest BCUT2D eigenvalue weighted by Crippen LogP contribution is -2.46. The van der Waals surface area contributed by atoms with Crippen LogP contribution in [0.5, 0.6) is 11.5 Å². The molecule has 1 atom stereocenters. The van der Waals surface area contributed by atoms with Crippen molar-refractivity contribution in [3.63, 3.8) is 0 Å². The van der Waals surface area contributed by atoms with Crippen molar-refractivity contribution in [3.8, 4) is 11.5 Å². The summed E-state index contributed by atoms with van der Waals surface area (Å²) < 4.78 is 15.8. The van der Waals surface area contributed by atoms with E-state index in [-0.39, 0.29) is 44.1 Å². The minimum Gasteiger partial charge on any atom is -0.462 e. The molecular formula is C27H30N2O7. The van der Waals surface area contributed by atoms with Crippen LogP contribution in [0.4, 0.5) is 5.69 Å². The van der Waals surface area contributed by atoms with Crippen molar-refractivity contribution in [2.24, 2.45) is 5.41 Å². The second-order valence-electron chi connectivity index (χ2n) is 10.0. The predicted octanol–water partition coefficient (Wildman–Crippen LogP) is 3.69. The second kappa shape index (κ2) is 10.0. The zero-order valence-corrected chi connectivity index (χ0v) is 20.9. The SMILES string of the molecule is CCOC(=O)c1ccc(N2C(=O)CC(N(Cc3ccc4c(c3)OCO4)C(=O)CC(C)(C)C)C2=O)cc1. The number of anilines is 1. The maximum Gasteiger partial charge on any atom is 0.338 e. The van der Waals surface area contributed by atoms with Crippen LogP contribution in [0.2, 0.25) is 0 Å². The highest BCUT2D eigenvalue weighted by molar-refractivity contribution is 6.23. The largest absolute Gasteiger partial charge is 0.462 e. The maximum atomic E-state index is 13.5. The molecule has 0 radical (unpaired) electrons. The number of amides is 3. The van der Waals surface area contributed by atoms with E-state index >= 15 is 0 Å². The lowest BCUT2D eigenvalue weighted by Gasteiger charge is -2.30. The fourth-order valence-electron chi connectivity index (χ4n) is 4.26. The number of ether oxygens (including phenoxy) is 3. The van der Waals surface area contributed by atoms with E-state index in [4.69, 9.17) is 14.2 Å². The molecule has 2 aromatic rings. The fraction of sp³-hybridized carbons (Fsp3) is 0.407. The number of benzene rings is 2. The van der Waals surface area contributed by atoms with E-state index in [2.05, 4.69) is 0 Å². The summed E-state index contributed by atoms with van der Waals surface area (Å²) in [6.07, 6.45) is 0.0860. The molecule has 190 valence electrons. The summed E-state index contributed by atoms with van der Waals surface area (Å²) in [5.74, 6) is -0.390. The molecule has 9 nitrogen and oxygen atoms in total. The van der Waals surface area contributed by atoms with Crippen LogP contribution in [-0.2, 0) is 25.7 Å². The number of hydrogen-bond acceptors (Lipinski definition) is 7. The second-order valence-corrected chi connectivity index (χ2v) is 10.0. The highest BCUT2D eigenvalue weighted by Crippen LogP contribution is 2.34. The van der Waals surface area contributed by atoms with Crippen LogP contribution in [-0.4, -0.2) is 48.0 Å². The molecule has 36 heavy (non-hydrogen) atoms. The number of carbonyl (C=O) groups is 4. The molecule has 2 aromatic carbocycles. The molecule has 9 heteroatoms. The van der Waals surface area contributed by atoms with Gasteiger partial charge in [-0.15, -0.1) is 0 Å². The maximum absolute atomic E-state index is 13.5. The fourth-order valence-corrected chi connectivity index (χ4v) is 4.26. The molecule has 0 bridgehead atoms. The topological polar surface area (TPSA) is 102 Å². The van der Waals surface area contributed by atoms with E-state index < -0.39 is 23.8 Å². The van der Waals surface area contributed by atoms with E-state index in [0.717, 1.165) is 10.5 Å². The Bertz CT molecular complexity index is 1180. The molecule has 4 rings (SSSR count). The summed E-state index contributed by atoms with van der Waals surface area (Å²) in [7, 11) is 0. The van der Waals surface area contributed by atoms with Crippen molar-refractivity contribution in [2.45, 2.75) is 53.1 Å². The van der Waals surface area contributed by atoms with Gasteiger partial charge in [-0.25, -0.2) is 9.69 Å². The normalized spacial score (nSPS) is 16.9. The third kappa shape index (κ3) is 5.35. The Balaban J connectivity index is 1.59. The summed E-state index contributed by atoms with van der Waals surface area (Å²) in [4.78, 5) is 54.4. The van der Waals surface area contributed by atoms with Crippen molar-refractivity contribution in [1.29, 1.82) is 0 Å². The summed E-state index contributed by atoms with van der Waals surface area (Å²) in [5.41, 5.74) is 1.12. The van der Waals surface area contributed by atoms with Crippen LogP contribution in [0.1, 0.15) is 56.5 Å². The van der Waals surface area contributed by atoms with Gasteiger partial charge in [0.25, 0.3) is 5.91 Å². The van der Waals surface area contributed by atoms with Gasteiger partial charge in [0, 0.05) is 13.0 Å². The van der Waals surface area contributed by atoms with Crippen LogP contribution in [0.3, 0.4) is 0 Å². The van der Waals surface area contributed by atoms with Gasteiger partial charge in [-0.2, -0.15) is 0 Å². The van der Waals surface area contributed by atoms with Gasteiger partial charge in [0.05, 0.1) is 24.3 Å². The number of fused-ring (bicyclic) bond motifs is 1. The minimum atomic E-state index is -0.942. The van der Waals surface area contributed by atoms with Crippen LogP contribution in [0.25, 0.3) is 0 Å². The van der Waals surface area contributed by atoms with Crippen LogP contribution in [0, 0.1) is 5.41 Å². The number of esters is 1. The summed E-state index contributed by atoms with van der Waals surface area (Å²) in [5, 5.41) is 0. The zero-order chi connectivity index (χ0) is 26.0. The molecule has 1 saturated heterocycles. The lowest BCUT2D eigenvalue weighted by molar-refractivity contribution is -0.140. The van der Waals surface area contributed by atoms with Crippen LogP contribution >= 0.6 is 0 Å². The van der Waals surface area contributed by atoms with Gasteiger partial charge in [0.15, 0.2) is 11.5 Å². The molecule has 0 N–H and O–H groups in total. The van der Waals surface area contributed by atoms with Gasteiger partial charge in [0.1, 0.15) is 6.04 Å². The third-order valence-electron chi connectivity index (χ3n) is 5.93. The van der Waals surface area contributed by atoms with E-state index in [1.807, 2.05) is 26.8 Å². The highest BCUT2D eigenvalue weighted by atomic mass is 16.7. The average molecular weight is 495 g/mol. The summed E-state index contributed by atoms with van der Waals surface area (Å²) >= 11 is 0. The molecule has 0 aliphatic carbocycles. The van der Waals surface area contributed by atoms with Gasteiger partial charge in [-0.1, -0.05) is 26.8 Å². The monoisotopic (exact) mass is 494 g/mol. The Hall–Kier alpha value is -3.88. The van der Waals surface area contributed by atoms with E-state index in [9.17, 15) is 19.2 Å². The molecule has 0 saturated carbocycles. The van der Waals surface area contributed by atoms with Crippen molar-refractivity contribution >= 4 is 29.4 Å². The molecule has 1 fully saturated rings. The van der Waals surface area contributed by atoms with Crippen molar-refractivity contribution in [2.75, 3.05) is 18.3 Å². The first kappa shape index (κ1) is 25.2. The van der Waals surface area contributed by atoms with E-state index in [0.29, 0.717) is 22.7 Å². The van der Waals surface area contributed by atoms with Gasteiger partial charge in [-0.3, -0.25) is 14.4 Å². The smallest absolute Gasteiger partial charge is 0.338 e. The standard InChI is InChI=1S/C27H30N2O7/c1-5-34-26(33)18-7-9-19(10-8-18)29-23(30)13-20(25(29)32)28(24(31)14-27(2,3)4)15-17-6-11-21-22(12-17)36-16-35-21/h6-12,20H,5,13-16H2,1-4H3. The van der Waals surface area contributed by atoms with Gasteiger partial charge in [-0.05, 0) is 54.3 Å². The van der Waals surface area contributed by atoms with Crippen LogP contribution < -0.4 is 14.4 Å². The molecule has 1 unspecified atom stereocenters. The first-order chi connectivity index (χ1) is 17.1. The van der Waals surface area contributed by atoms with E-state index in [1.54, 1.807) is 19.1 Å². The summed E-state index contributed by atoms with van der Waals surface area (Å²) in [6.45, 7) is 8.07. The Morgan fingerprint density at radius 3 is 2.42 bits per heavy atom. The quantitative estimate of drug-likeness (QED) is 0.427. The molecule has 2 aliphatic rings. The minimum absolute atomic E-state index is 0.126. The molecule has 2 aliphatic heterocycles. The van der Waals surface area contributed by atoms with Gasteiger partial charge in [0.2, 0.25) is 18.6 Å².